The third kappa shape index (κ3) is 3.64. The number of pyridine rings is 2. The molecule has 37 heavy (non-hydrogen) atoms. The third-order valence-corrected chi connectivity index (χ3v) is 6.61. The van der Waals surface area contributed by atoms with Crippen LogP contribution < -0.4 is 14.8 Å². The van der Waals surface area contributed by atoms with Gasteiger partial charge < -0.3 is 19.4 Å². The van der Waals surface area contributed by atoms with E-state index >= 15 is 0 Å². The molecule has 182 valence electrons. The summed E-state index contributed by atoms with van der Waals surface area (Å²) in [7, 11) is 3.64. The molecule has 1 N–H and O–H groups in total. The Balaban J connectivity index is 1.60. The predicted molar refractivity (Wildman–Crippen MR) is 143 cm³/mol. The molecule has 0 saturated carbocycles. The van der Waals surface area contributed by atoms with E-state index in [1.54, 1.807) is 19.5 Å². The van der Waals surface area contributed by atoms with Gasteiger partial charge in [-0.15, -0.1) is 6.42 Å². The van der Waals surface area contributed by atoms with E-state index in [2.05, 4.69) is 41.8 Å². The van der Waals surface area contributed by atoms with E-state index in [1.807, 2.05) is 51.2 Å². The van der Waals surface area contributed by atoms with E-state index in [1.165, 1.54) is 0 Å². The van der Waals surface area contributed by atoms with Crippen molar-refractivity contribution in [3.63, 3.8) is 0 Å². The molecule has 0 saturated heterocycles. The standard InChI is InChI=1S/C29H24N6O2/c1-6-19-13-22(36-5)24(17(3)34-19)27-25-21-11-10-20(37-23-9-7-8-16(2)33-23)12-18(21)14-30-28-26(25)29(35(27)4)32-15-31-28/h1,7-13,15H,14H2,2-5H3,(H,30,31,32). The Labute approximate surface area is 214 Å². The Hall–Kier alpha value is -4.90. The fourth-order valence-electron chi connectivity index (χ4n) is 5.01. The van der Waals surface area contributed by atoms with Crippen LogP contribution in [0.1, 0.15) is 22.6 Å². The van der Waals surface area contributed by atoms with Crippen molar-refractivity contribution in [1.29, 1.82) is 0 Å². The van der Waals surface area contributed by atoms with Gasteiger partial charge in [0.15, 0.2) is 0 Å². The largest absolute Gasteiger partial charge is 0.496 e. The third-order valence-electron chi connectivity index (χ3n) is 6.61. The van der Waals surface area contributed by atoms with E-state index < -0.39 is 0 Å². The van der Waals surface area contributed by atoms with Gasteiger partial charge in [0.25, 0.3) is 0 Å². The van der Waals surface area contributed by atoms with Gasteiger partial charge in [-0.1, -0.05) is 18.1 Å². The number of hydrogen-bond acceptors (Lipinski definition) is 7. The van der Waals surface area contributed by atoms with Gasteiger partial charge in [-0.05, 0) is 43.2 Å². The number of rotatable bonds is 4. The highest BCUT2D eigenvalue weighted by Gasteiger charge is 2.29. The number of ether oxygens (including phenoxy) is 2. The summed E-state index contributed by atoms with van der Waals surface area (Å²) in [4.78, 5) is 18.3. The molecule has 1 aliphatic heterocycles. The van der Waals surface area contributed by atoms with E-state index in [-0.39, 0.29) is 0 Å². The molecule has 1 aliphatic rings. The Morgan fingerprint density at radius 2 is 1.92 bits per heavy atom. The number of nitrogens with one attached hydrogen (secondary N) is 1. The second-order valence-electron chi connectivity index (χ2n) is 8.91. The maximum atomic E-state index is 6.10. The molecule has 8 nitrogen and oxygen atoms in total. The molecule has 0 unspecified atom stereocenters. The highest BCUT2D eigenvalue weighted by Crippen LogP contribution is 2.48. The van der Waals surface area contributed by atoms with Crippen LogP contribution in [0.2, 0.25) is 0 Å². The zero-order chi connectivity index (χ0) is 25.7. The van der Waals surface area contributed by atoms with Crippen LogP contribution in [0.25, 0.3) is 33.4 Å². The smallest absolute Gasteiger partial charge is 0.219 e. The number of nitrogens with zero attached hydrogens (tertiary/aromatic N) is 5. The first-order valence-corrected chi connectivity index (χ1v) is 11.8. The van der Waals surface area contributed by atoms with Crippen molar-refractivity contribution in [2.45, 2.75) is 20.4 Å². The first-order valence-electron chi connectivity index (χ1n) is 11.8. The summed E-state index contributed by atoms with van der Waals surface area (Å²) in [5, 5.41) is 4.43. The minimum Gasteiger partial charge on any atom is -0.496 e. The first-order chi connectivity index (χ1) is 18.0. The van der Waals surface area contributed by atoms with E-state index in [0.717, 1.165) is 56.2 Å². The van der Waals surface area contributed by atoms with Gasteiger partial charge >= 0.3 is 0 Å². The van der Waals surface area contributed by atoms with Crippen molar-refractivity contribution in [3.05, 3.63) is 71.4 Å². The van der Waals surface area contributed by atoms with E-state index in [9.17, 15) is 0 Å². The predicted octanol–water partition coefficient (Wildman–Crippen LogP) is 5.42. The molecule has 0 fully saturated rings. The van der Waals surface area contributed by atoms with Crippen LogP contribution in [0.4, 0.5) is 5.82 Å². The zero-order valence-corrected chi connectivity index (χ0v) is 21.0. The fraction of sp³-hybridized carbons (Fsp3) is 0.172. The van der Waals surface area contributed by atoms with E-state index in [4.69, 9.17) is 15.9 Å². The molecule has 8 heteroatoms. The number of hydrogen-bond donors (Lipinski definition) is 1. The van der Waals surface area contributed by atoms with E-state index in [0.29, 0.717) is 29.6 Å². The lowest BCUT2D eigenvalue weighted by molar-refractivity contribution is 0.415. The Morgan fingerprint density at radius 1 is 1.05 bits per heavy atom. The van der Waals surface area contributed by atoms with Crippen molar-refractivity contribution in [1.82, 2.24) is 24.5 Å². The van der Waals surface area contributed by atoms with Gasteiger partial charge in [-0.2, -0.15) is 0 Å². The molecule has 1 aromatic carbocycles. The molecule has 0 radical (unpaired) electrons. The molecule has 4 aromatic heterocycles. The van der Waals surface area contributed by atoms with Crippen LogP contribution in [0.3, 0.4) is 0 Å². The van der Waals surface area contributed by atoms with Crippen LogP contribution in [0, 0.1) is 26.2 Å². The fourth-order valence-corrected chi connectivity index (χ4v) is 5.01. The van der Waals surface area contributed by atoms with Gasteiger partial charge in [-0.3, -0.25) is 0 Å². The van der Waals surface area contributed by atoms with Crippen molar-refractivity contribution >= 4 is 16.9 Å². The van der Waals surface area contributed by atoms with Crippen LogP contribution in [0.5, 0.6) is 17.4 Å². The lowest BCUT2D eigenvalue weighted by Gasteiger charge is -2.17. The summed E-state index contributed by atoms with van der Waals surface area (Å²) in [6.07, 6.45) is 7.23. The molecule has 0 spiro atoms. The number of benzene rings is 1. The van der Waals surface area contributed by atoms with Crippen molar-refractivity contribution in [2.75, 3.05) is 12.4 Å². The zero-order valence-electron chi connectivity index (χ0n) is 21.0. The molecule has 0 atom stereocenters. The van der Waals surface area contributed by atoms with Gasteiger partial charge in [0.1, 0.15) is 35.0 Å². The van der Waals surface area contributed by atoms with Crippen LogP contribution in [0.15, 0.2) is 48.8 Å². The number of terminal acetylenes is 1. The quantitative estimate of drug-likeness (QED) is 0.338. The molecule has 5 heterocycles. The summed E-state index contributed by atoms with van der Waals surface area (Å²) in [5.74, 6) is 5.30. The van der Waals surface area contributed by atoms with Gasteiger partial charge in [0.05, 0.1) is 29.4 Å². The average Bonchev–Trinajstić information content (AvgIpc) is 3.08. The Kier molecular flexibility index (Phi) is 5.27. The topological polar surface area (TPSA) is 87.0 Å². The van der Waals surface area contributed by atoms with Gasteiger partial charge in [-0.25, -0.2) is 19.9 Å². The number of aryl methyl sites for hydroxylation is 3. The summed E-state index contributed by atoms with van der Waals surface area (Å²) in [6, 6.07) is 13.6. The highest BCUT2D eigenvalue weighted by molar-refractivity contribution is 6.10. The molecular weight excluding hydrogens is 464 g/mol. The molecule has 0 aliphatic carbocycles. The second-order valence-corrected chi connectivity index (χ2v) is 8.91. The Morgan fingerprint density at radius 3 is 2.70 bits per heavy atom. The average molecular weight is 489 g/mol. The minimum atomic E-state index is 0.525. The van der Waals surface area contributed by atoms with Gasteiger partial charge in [0, 0.05) is 37.0 Å². The Bertz CT molecular complexity index is 1750. The van der Waals surface area contributed by atoms with Crippen molar-refractivity contribution in [3.8, 4) is 52.1 Å². The molecule has 6 rings (SSSR count). The van der Waals surface area contributed by atoms with Crippen LogP contribution in [-0.2, 0) is 13.6 Å². The number of methoxy groups -OCH3 is 1. The molecule has 0 bridgehead atoms. The molecular formula is C29H24N6O2. The first kappa shape index (κ1) is 22.6. The lowest BCUT2D eigenvalue weighted by Crippen LogP contribution is -2.04. The minimum absolute atomic E-state index is 0.525. The van der Waals surface area contributed by atoms with Crippen LogP contribution >= 0.6 is 0 Å². The molecule has 0 amide bonds. The van der Waals surface area contributed by atoms with Crippen LogP contribution in [-0.4, -0.2) is 31.6 Å². The second kappa shape index (κ2) is 8.64. The van der Waals surface area contributed by atoms with Gasteiger partial charge in [0.2, 0.25) is 5.88 Å². The SMILES string of the molecule is C#Cc1cc(OC)c(-c2c3c4c(ncnc4n2C)NCc2cc(Oc4cccc(C)n4)ccc2-3)c(C)n1. The lowest BCUT2D eigenvalue weighted by atomic mass is 9.94. The normalized spacial score (nSPS) is 11.9. The molecule has 5 aromatic rings. The van der Waals surface area contributed by atoms with Crippen molar-refractivity contribution in [2.24, 2.45) is 7.05 Å². The number of anilines is 1. The summed E-state index contributed by atoms with van der Waals surface area (Å²) >= 11 is 0. The number of fused-ring (bicyclic) bond motifs is 2. The summed E-state index contributed by atoms with van der Waals surface area (Å²) in [6.45, 7) is 4.45. The highest BCUT2D eigenvalue weighted by atomic mass is 16.5. The summed E-state index contributed by atoms with van der Waals surface area (Å²) < 4.78 is 14.0. The van der Waals surface area contributed by atoms with Crippen molar-refractivity contribution < 1.29 is 9.47 Å². The maximum absolute atomic E-state index is 6.10. The summed E-state index contributed by atoms with van der Waals surface area (Å²) in [5.41, 5.74) is 7.90. The maximum Gasteiger partial charge on any atom is 0.219 e. The monoisotopic (exact) mass is 488 g/mol. The number of aromatic nitrogens is 5.